The second-order valence-electron chi connectivity index (χ2n) is 10.1. The van der Waals surface area contributed by atoms with Crippen LogP contribution in [0.3, 0.4) is 0 Å². The van der Waals surface area contributed by atoms with Crippen LogP contribution in [0.4, 0.5) is 0 Å². The zero-order valence-electron chi connectivity index (χ0n) is 20.2. The van der Waals surface area contributed by atoms with Gasteiger partial charge in [0.1, 0.15) is 4.60 Å². The Kier molecular flexibility index (Phi) is 4.71. The molecule has 7 rings (SSSR count). The molecule has 1 aliphatic rings. The minimum absolute atomic E-state index is 0.0312. The standard InChI is InChI=1S/C34H24BrN/c1-34(2)29-14-8-7-9-23(29)24-17-15-21(19-30(24)34)32-25-10-3-5-12-27(25)33(22-16-18-31(35)36-20-22)28-13-6-4-11-26(28)32/h3-20H,1-2H3. The first-order chi connectivity index (χ1) is 17.5. The monoisotopic (exact) mass is 525 g/mol. The Balaban J connectivity index is 1.56. The van der Waals surface area contributed by atoms with Gasteiger partial charge in [-0.3, -0.25) is 0 Å². The average molecular weight is 526 g/mol. The fourth-order valence-electron chi connectivity index (χ4n) is 6.13. The quantitative estimate of drug-likeness (QED) is 0.162. The molecule has 0 aliphatic heterocycles. The van der Waals surface area contributed by atoms with Crippen molar-refractivity contribution in [3.05, 3.63) is 125 Å². The van der Waals surface area contributed by atoms with Gasteiger partial charge in [0.15, 0.2) is 0 Å². The Morgan fingerprint density at radius 3 is 1.69 bits per heavy atom. The van der Waals surface area contributed by atoms with Crippen molar-refractivity contribution in [2.24, 2.45) is 0 Å². The molecule has 2 heteroatoms. The Morgan fingerprint density at radius 2 is 1.08 bits per heavy atom. The Morgan fingerprint density at radius 1 is 0.556 bits per heavy atom. The second-order valence-corrected chi connectivity index (χ2v) is 11.0. The van der Waals surface area contributed by atoms with Crippen LogP contribution in [0, 0.1) is 0 Å². The highest BCUT2D eigenvalue weighted by molar-refractivity contribution is 9.10. The van der Waals surface area contributed by atoms with Crippen molar-refractivity contribution >= 4 is 37.5 Å². The van der Waals surface area contributed by atoms with Gasteiger partial charge in [-0.25, -0.2) is 4.98 Å². The molecule has 0 atom stereocenters. The molecule has 0 amide bonds. The number of halogens is 1. The van der Waals surface area contributed by atoms with E-state index in [2.05, 4.69) is 132 Å². The van der Waals surface area contributed by atoms with Crippen LogP contribution < -0.4 is 0 Å². The van der Waals surface area contributed by atoms with E-state index in [9.17, 15) is 0 Å². The van der Waals surface area contributed by atoms with Gasteiger partial charge in [-0.2, -0.15) is 0 Å². The Hall–Kier alpha value is -3.75. The summed E-state index contributed by atoms with van der Waals surface area (Å²) in [4.78, 5) is 4.54. The van der Waals surface area contributed by atoms with E-state index in [4.69, 9.17) is 0 Å². The molecule has 0 N–H and O–H groups in total. The lowest BCUT2D eigenvalue weighted by molar-refractivity contribution is 0.660. The van der Waals surface area contributed by atoms with Crippen molar-refractivity contribution in [2.45, 2.75) is 19.3 Å². The van der Waals surface area contributed by atoms with Gasteiger partial charge in [-0.1, -0.05) is 105 Å². The molecule has 1 nitrogen and oxygen atoms in total. The highest BCUT2D eigenvalue weighted by Crippen LogP contribution is 2.51. The molecule has 0 bridgehead atoms. The van der Waals surface area contributed by atoms with Gasteiger partial charge in [0.2, 0.25) is 0 Å². The molecule has 1 aliphatic carbocycles. The molecule has 1 heterocycles. The van der Waals surface area contributed by atoms with Crippen LogP contribution in [0.15, 0.2) is 114 Å². The third-order valence-corrected chi connectivity index (χ3v) is 8.29. The van der Waals surface area contributed by atoms with Crippen molar-refractivity contribution in [2.75, 3.05) is 0 Å². The summed E-state index contributed by atoms with van der Waals surface area (Å²) in [5.74, 6) is 0. The largest absolute Gasteiger partial charge is 0.249 e. The summed E-state index contributed by atoms with van der Waals surface area (Å²) in [6.07, 6.45) is 1.97. The fraction of sp³-hybridized carbons (Fsp3) is 0.0882. The molecule has 36 heavy (non-hydrogen) atoms. The first kappa shape index (κ1) is 21.5. The lowest BCUT2D eigenvalue weighted by Gasteiger charge is -2.23. The third-order valence-electron chi connectivity index (χ3n) is 7.82. The van der Waals surface area contributed by atoms with Crippen LogP contribution in [-0.2, 0) is 5.41 Å². The molecule has 0 radical (unpaired) electrons. The smallest absolute Gasteiger partial charge is 0.106 e. The minimum Gasteiger partial charge on any atom is -0.249 e. The predicted octanol–water partition coefficient (Wildman–Crippen LogP) is 9.79. The number of benzene rings is 5. The van der Waals surface area contributed by atoms with E-state index in [-0.39, 0.29) is 5.41 Å². The molecule has 0 unspecified atom stereocenters. The Labute approximate surface area is 219 Å². The summed E-state index contributed by atoms with van der Waals surface area (Å²) >= 11 is 3.49. The molecule has 0 saturated heterocycles. The summed E-state index contributed by atoms with van der Waals surface area (Å²) in [5.41, 5.74) is 10.4. The maximum Gasteiger partial charge on any atom is 0.106 e. The minimum atomic E-state index is -0.0312. The molecule has 0 saturated carbocycles. The van der Waals surface area contributed by atoms with Crippen LogP contribution in [-0.4, -0.2) is 4.98 Å². The zero-order valence-corrected chi connectivity index (χ0v) is 21.8. The van der Waals surface area contributed by atoms with Crippen LogP contribution in [0.5, 0.6) is 0 Å². The topological polar surface area (TPSA) is 12.9 Å². The van der Waals surface area contributed by atoms with Gasteiger partial charge in [-0.15, -0.1) is 0 Å². The van der Waals surface area contributed by atoms with Gasteiger partial charge < -0.3 is 0 Å². The molecule has 0 fully saturated rings. The molecule has 6 aromatic rings. The highest BCUT2D eigenvalue weighted by Gasteiger charge is 2.35. The maximum absolute atomic E-state index is 4.54. The number of aromatic nitrogens is 1. The second kappa shape index (κ2) is 7.88. The predicted molar refractivity (Wildman–Crippen MR) is 155 cm³/mol. The van der Waals surface area contributed by atoms with Crippen molar-refractivity contribution in [3.8, 4) is 33.4 Å². The van der Waals surface area contributed by atoms with Crippen LogP contribution in [0.25, 0.3) is 54.9 Å². The summed E-state index contributed by atoms with van der Waals surface area (Å²) in [5, 5.41) is 5.03. The van der Waals surface area contributed by atoms with Gasteiger partial charge in [0.05, 0.1) is 0 Å². The summed E-state index contributed by atoms with van der Waals surface area (Å²) < 4.78 is 0.846. The number of fused-ring (bicyclic) bond motifs is 5. The van der Waals surface area contributed by atoms with Crippen molar-refractivity contribution < 1.29 is 0 Å². The molecule has 1 aromatic heterocycles. The number of hydrogen-bond acceptors (Lipinski definition) is 1. The van der Waals surface area contributed by atoms with E-state index in [1.165, 1.54) is 60.5 Å². The first-order valence-corrected chi connectivity index (χ1v) is 13.1. The SMILES string of the molecule is CC1(C)c2ccccc2-c2ccc(-c3c4ccccc4c(-c4ccc(Br)nc4)c4ccccc34)cc21. The fourth-order valence-corrected chi connectivity index (χ4v) is 6.37. The van der Waals surface area contributed by atoms with Gasteiger partial charge in [-0.05, 0) is 88.6 Å². The van der Waals surface area contributed by atoms with Crippen molar-refractivity contribution in [1.29, 1.82) is 0 Å². The van der Waals surface area contributed by atoms with E-state index in [0.717, 1.165) is 10.2 Å². The summed E-state index contributed by atoms with van der Waals surface area (Å²) in [6.45, 7) is 4.70. The number of pyridine rings is 1. The third kappa shape index (κ3) is 3.04. The van der Waals surface area contributed by atoms with E-state index in [1.54, 1.807) is 0 Å². The van der Waals surface area contributed by atoms with Crippen molar-refractivity contribution in [1.82, 2.24) is 4.98 Å². The van der Waals surface area contributed by atoms with Crippen molar-refractivity contribution in [3.63, 3.8) is 0 Å². The lowest BCUT2D eigenvalue weighted by atomic mass is 9.80. The van der Waals surface area contributed by atoms with Gasteiger partial charge in [0, 0.05) is 17.2 Å². The van der Waals surface area contributed by atoms with E-state index in [0.29, 0.717) is 0 Å². The highest BCUT2D eigenvalue weighted by atomic mass is 79.9. The number of nitrogens with zero attached hydrogens (tertiary/aromatic N) is 1. The molecule has 5 aromatic carbocycles. The van der Waals surface area contributed by atoms with Gasteiger partial charge in [0.25, 0.3) is 0 Å². The molecular weight excluding hydrogens is 502 g/mol. The number of hydrogen-bond donors (Lipinski definition) is 0. The van der Waals surface area contributed by atoms with Gasteiger partial charge >= 0.3 is 0 Å². The maximum atomic E-state index is 4.54. The Bertz CT molecular complexity index is 1760. The van der Waals surface area contributed by atoms with Crippen LogP contribution in [0.2, 0.25) is 0 Å². The molecule has 172 valence electrons. The zero-order chi connectivity index (χ0) is 24.4. The number of rotatable bonds is 2. The van der Waals surface area contributed by atoms with Crippen LogP contribution >= 0.6 is 15.9 Å². The summed E-state index contributed by atoms with van der Waals surface area (Å²) in [7, 11) is 0. The van der Waals surface area contributed by atoms with Crippen LogP contribution in [0.1, 0.15) is 25.0 Å². The first-order valence-electron chi connectivity index (χ1n) is 12.3. The molecular formula is C34H24BrN. The molecule has 0 spiro atoms. The normalized spacial score (nSPS) is 13.6. The summed E-state index contributed by atoms with van der Waals surface area (Å²) in [6, 6.07) is 37.7. The lowest BCUT2D eigenvalue weighted by Crippen LogP contribution is -2.14. The van der Waals surface area contributed by atoms with E-state index >= 15 is 0 Å². The van der Waals surface area contributed by atoms with E-state index < -0.39 is 0 Å². The average Bonchev–Trinajstić information content (AvgIpc) is 3.14. The van der Waals surface area contributed by atoms with E-state index in [1.807, 2.05) is 12.3 Å².